The molecule has 1 aliphatic rings. The lowest BCUT2D eigenvalue weighted by Gasteiger charge is -2.35. The highest BCUT2D eigenvalue weighted by Gasteiger charge is 2.18. The predicted molar refractivity (Wildman–Crippen MR) is 124 cm³/mol. The fraction of sp³-hybridized carbons (Fsp3) is 0.250. The zero-order valence-corrected chi connectivity index (χ0v) is 17.6. The van der Waals surface area contributed by atoms with Gasteiger partial charge in [-0.1, -0.05) is 42.5 Å². The summed E-state index contributed by atoms with van der Waals surface area (Å²) in [6.45, 7) is 5.00. The number of benzene rings is 2. The predicted octanol–water partition coefficient (Wildman–Crippen LogP) is 4.12. The summed E-state index contributed by atoms with van der Waals surface area (Å²) < 4.78 is 0. The number of carbonyl (C=O) groups is 1. The van der Waals surface area contributed by atoms with Crippen molar-refractivity contribution in [3.63, 3.8) is 0 Å². The van der Waals surface area contributed by atoms with Crippen LogP contribution in [0, 0.1) is 0 Å². The van der Waals surface area contributed by atoms with E-state index in [0.29, 0.717) is 0 Å². The molecule has 1 fully saturated rings. The third kappa shape index (κ3) is 5.59. The van der Waals surface area contributed by atoms with E-state index in [-0.39, 0.29) is 12.4 Å². The van der Waals surface area contributed by atoms with Crippen molar-refractivity contribution in [3.05, 3.63) is 77.9 Å². The number of anilines is 1. The number of nitrogens with zero attached hydrogens (tertiary/aromatic N) is 3. The lowest BCUT2D eigenvalue weighted by molar-refractivity contribution is -0.131. The molecule has 0 aliphatic carbocycles. The Labute approximate surface area is 183 Å². The number of hydrogen-bond acceptors (Lipinski definition) is 4. The molecule has 0 bridgehead atoms. The van der Waals surface area contributed by atoms with Gasteiger partial charge in [0.2, 0.25) is 0 Å². The third-order valence-electron chi connectivity index (χ3n) is 5.37. The van der Waals surface area contributed by atoms with Gasteiger partial charge < -0.3 is 10.0 Å². The van der Waals surface area contributed by atoms with Gasteiger partial charge in [-0.05, 0) is 41.8 Å². The van der Waals surface area contributed by atoms with Crippen molar-refractivity contribution in [1.29, 1.82) is 0 Å². The number of aliphatic carboxylic acids is 1. The van der Waals surface area contributed by atoms with Gasteiger partial charge in [-0.2, -0.15) is 0 Å². The first-order valence-corrected chi connectivity index (χ1v) is 10.0. The van der Waals surface area contributed by atoms with Crippen molar-refractivity contribution >= 4 is 41.2 Å². The zero-order chi connectivity index (χ0) is 20.1. The second-order valence-corrected chi connectivity index (χ2v) is 7.36. The number of piperazine rings is 1. The molecule has 3 aromatic rings. The number of carboxylic acids is 1. The number of hydrogen-bond donors (Lipinski definition) is 1. The first kappa shape index (κ1) is 21.8. The summed E-state index contributed by atoms with van der Waals surface area (Å²) in [5, 5.41) is 9.95. The first-order valence-electron chi connectivity index (χ1n) is 10.0. The van der Waals surface area contributed by atoms with E-state index in [1.807, 2.05) is 24.3 Å². The number of para-hydroxylation sites is 1. The fourth-order valence-corrected chi connectivity index (χ4v) is 3.74. The summed E-state index contributed by atoms with van der Waals surface area (Å²) in [6, 6.07) is 20.6. The minimum atomic E-state index is -0.922. The highest BCUT2D eigenvalue weighted by Crippen LogP contribution is 2.19. The lowest BCUT2D eigenvalue weighted by Crippen LogP contribution is -2.47. The number of fused-ring (bicyclic) bond motifs is 1. The van der Waals surface area contributed by atoms with Crippen LogP contribution in [0.15, 0.2) is 66.7 Å². The van der Waals surface area contributed by atoms with E-state index in [1.165, 1.54) is 17.0 Å². The zero-order valence-electron chi connectivity index (χ0n) is 16.8. The number of aromatic nitrogens is 1. The molecule has 1 aromatic heterocycles. The molecule has 1 saturated heterocycles. The van der Waals surface area contributed by atoms with Gasteiger partial charge in [0.25, 0.3) is 0 Å². The molecule has 2 heterocycles. The summed E-state index contributed by atoms with van der Waals surface area (Å²) in [6.07, 6.45) is 3.78. The molecule has 1 aliphatic heterocycles. The van der Waals surface area contributed by atoms with Crippen LogP contribution in [0.3, 0.4) is 0 Å². The van der Waals surface area contributed by atoms with E-state index in [0.717, 1.165) is 56.0 Å². The Kier molecular flexibility index (Phi) is 7.44. The van der Waals surface area contributed by atoms with Gasteiger partial charge in [-0.3, -0.25) is 4.90 Å². The summed E-state index contributed by atoms with van der Waals surface area (Å²) >= 11 is 0. The van der Waals surface area contributed by atoms with E-state index in [9.17, 15) is 4.79 Å². The van der Waals surface area contributed by atoms with Crippen LogP contribution in [-0.4, -0.2) is 53.7 Å². The lowest BCUT2D eigenvalue weighted by atomic mass is 10.1. The van der Waals surface area contributed by atoms with Crippen LogP contribution in [0.5, 0.6) is 0 Å². The first-order chi connectivity index (χ1) is 14.2. The van der Waals surface area contributed by atoms with Gasteiger partial charge in [0.15, 0.2) is 0 Å². The van der Waals surface area contributed by atoms with Crippen LogP contribution in [0.4, 0.5) is 5.82 Å². The quantitative estimate of drug-likeness (QED) is 0.604. The molecule has 0 amide bonds. The van der Waals surface area contributed by atoms with E-state index < -0.39 is 5.97 Å². The van der Waals surface area contributed by atoms with Gasteiger partial charge >= 0.3 is 5.97 Å². The number of halogens is 1. The van der Waals surface area contributed by atoms with Crippen molar-refractivity contribution < 1.29 is 9.90 Å². The number of pyridine rings is 1. The molecule has 4 rings (SSSR count). The Hall–Kier alpha value is -2.89. The average Bonchev–Trinajstić information content (AvgIpc) is 2.76. The molecule has 0 spiro atoms. The van der Waals surface area contributed by atoms with Crippen LogP contribution in [0.1, 0.15) is 11.1 Å². The molecule has 0 radical (unpaired) electrons. The Morgan fingerprint density at radius 3 is 2.60 bits per heavy atom. The van der Waals surface area contributed by atoms with Crippen LogP contribution in [0.2, 0.25) is 0 Å². The molecule has 0 atom stereocenters. The number of rotatable bonds is 6. The van der Waals surface area contributed by atoms with Crippen LogP contribution in [-0.2, 0) is 11.2 Å². The van der Waals surface area contributed by atoms with Crippen molar-refractivity contribution in [3.8, 4) is 0 Å². The molecule has 30 heavy (non-hydrogen) atoms. The van der Waals surface area contributed by atoms with E-state index in [1.54, 1.807) is 6.08 Å². The second kappa shape index (κ2) is 10.2. The fourth-order valence-electron chi connectivity index (χ4n) is 3.74. The SMILES string of the molecule is Cl.O=C(O)/C=C/c1cccc(CCN2CCN(c3ccc4ccccc4n3)CC2)c1. The molecule has 6 heteroatoms. The summed E-state index contributed by atoms with van der Waals surface area (Å²) in [5.41, 5.74) is 3.21. The van der Waals surface area contributed by atoms with E-state index >= 15 is 0 Å². The Morgan fingerprint density at radius 2 is 1.80 bits per heavy atom. The Balaban J connectivity index is 0.00000256. The average molecular weight is 424 g/mol. The second-order valence-electron chi connectivity index (χ2n) is 7.36. The third-order valence-corrected chi connectivity index (χ3v) is 5.37. The molecule has 0 saturated carbocycles. The molecule has 1 N–H and O–H groups in total. The van der Waals surface area contributed by atoms with E-state index in [2.05, 4.69) is 46.2 Å². The van der Waals surface area contributed by atoms with Crippen molar-refractivity contribution in [2.24, 2.45) is 0 Å². The smallest absolute Gasteiger partial charge is 0.328 e. The normalized spacial score (nSPS) is 14.7. The van der Waals surface area contributed by atoms with Crippen LogP contribution >= 0.6 is 12.4 Å². The van der Waals surface area contributed by atoms with Gasteiger partial charge in [-0.25, -0.2) is 9.78 Å². The summed E-state index contributed by atoms with van der Waals surface area (Å²) in [7, 11) is 0. The minimum Gasteiger partial charge on any atom is -0.478 e. The van der Waals surface area contributed by atoms with Crippen molar-refractivity contribution in [1.82, 2.24) is 9.88 Å². The molecule has 2 aromatic carbocycles. The monoisotopic (exact) mass is 423 g/mol. The van der Waals surface area contributed by atoms with Gasteiger partial charge in [0.05, 0.1) is 5.52 Å². The molecule has 5 nitrogen and oxygen atoms in total. The Morgan fingerprint density at radius 1 is 1.00 bits per heavy atom. The van der Waals surface area contributed by atoms with Gasteiger partial charge in [0, 0.05) is 44.2 Å². The topological polar surface area (TPSA) is 56.7 Å². The molecule has 156 valence electrons. The maximum absolute atomic E-state index is 10.7. The van der Waals surface area contributed by atoms with E-state index in [4.69, 9.17) is 10.1 Å². The Bertz CT molecular complexity index is 1030. The standard InChI is InChI=1S/C24H25N3O2.ClH/c28-24(29)11-8-19-4-3-5-20(18-19)12-13-26-14-16-27(17-15-26)23-10-9-21-6-1-2-7-22(21)25-23;/h1-11,18H,12-17H2,(H,28,29);1H/b11-8+;. The largest absolute Gasteiger partial charge is 0.478 e. The maximum Gasteiger partial charge on any atom is 0.328 e. The summed E-state index contributed by atoms with van der Waals surface area (Å²) in [4.78, 5) is 20.3. The molecular formula is C24H26ClN3O2. The number of carboxylic acid groups (broad SMARTS) is 1. The summed E-state index contributed by atoms with van der Waals surface area (Å²) in [5.74, 6) is 0.135. The minimum absolute atomic E-state index is 0. The maximum atomic E-state index is 10.7. The highest BCUT2D eigenvalue weighted by molar-refractivity contribution is 5.85. The van der Waals surface area contributed by atoms with Crippen molar-refractivity contribution in [2.75, 3.05) is 37.6 Å². The van der Waals surface area contributed by atoms with Gasteiger partial charge in [0.1, 0.15) is 5.82 Å². The van der Waals surface area contributed by atoms with Crippen molar-refractivity contribution in [2.45, 2.75) is 6.42 Å². The highest BCUT2D eigenvalue weighted by atomic mass is 35.5. The molecular weight excluding hydrogens is 398 g/mol. The van der Waals surface area contributed by atoms with Crippen LogP contribution < -0.4 is 4.90 Å². The molecule has 0 unspecified atom stereocenters. The van der Waals surface area contributed by atoms with Gasteiger partial charge in [-0.15, -0.1) is 12.4 Å². The van der Waals surface area contributed by atoms with Crippen LogP contribution in [0.25, 0.3) is 17.0 Å².